The number of phenols is 1. The second-order valence-corrected chi connectivity index (χ2v) is 6.00. The van der Waals surface area contributed by atoms with E-state index in [0.29, 0.717) is 11.5 Å². The van der Waals surface area contributed by atoms with Gasteiger partial charge in [0.05, 0.1) is 6.04 Å². The van der Waals surface area contributed by atoms with E-state index in [1.54, 1.807) is 25.1 Å². The first-order valence-corrected chi connectivity index (χ1v) is 8.09. The Labute approximate surface area is 150 Å². The third kappa shape index (κ3) is 3.88. The Morgan fingerprint density at radius 2 is 1.96 bits per heavy atom. The summed E-state index contributed by atoms with van der Waals surface area (Å²) < 4.78 is 15.5. The van der Waals surface area contributed by atoms with E-state index < -0.39 is 18.5 Å². The predicted molar refractivity (Wildman–Crippen MR) is 92.2 cm³/mol. The van der Waals surface area contributed by atoms with Crippen LogP contribution in [0.2, 0.25) is 0 Å². The van der Waals surface area contributed by atoms with Crippen molar-refractivity contribution < 1.29 is 28.9 Å². The van der Waals surface area contributed by atoms with Crippen molar-refractivity contribution in [3.63, 3.8) is 0 Å². The van der Waals surface area contributed by atoms with E-state index in [0.717, 1.165) is 11.1 Å². The van der Waals surface area contributed by atoms with Crippen molar-refractivity contribution in [3.05, 3.63) is 53.1 Å². The number of amides is 1. The molecule has 0 aromatic heterocycles. The number of ether oxygens (including phenoxy) is 3. The highest BCUT2D eigenvalue weighted by Crippen LogP contribution is 2.34. The summed E-state index contributed by atoms with van der Waals surface area (Å²) in [7, 11) is 0. The molecule has 1 aliphatic heterocycles. The molecule has 2 aromatic carbocycles. The Hall–Kier alpha value is -3.22. The molecule has 1 atom stereocenters. The molecule has 0 spiro atoms. The molecule has 0 saturated carbocycles. The van der Waals surface area contributed by atoms with Crippen LogP contribution in [0.3, 0.4) is 0 Å². The smallest absolute Gasteiger partial charge is 0.342 e. The minimum Gasteiger partial charge on any atom is -0.507 e. The van der Waals surface area contributed by atoms with E-state index in [2.05, 4.69) is 5.32 Å². The first-order chi connectivity index (χ1) is 12.4. The molecule has 0 aliphatic carbocycles. The second-order valence-electron chi connectivity index (χ2n) is 6.00. The predicted octanol–water partition coefficient (Wildman–Crippen LogP) is 2.46. The van der Waals surface area contributed by atoms with Crippen molar-refractivity contribution in [2.45, 2.75) is 19.9 Å². The van der Waals surface area contributed by atoms with Gasteiger partial charge in [0.1, 0.15) is 11.3 Å². The number of carbonyl (C=O) groups excluding carboxylic acids is 2. The molecule has 2 aromatic rings. The van der Waals surface area contributed by atoms with Crippen molar-refractivity contribution >= 4 is 11.9 Å². The third-order valence-electron chi connectivity index (χ3n) is 3.98. The van der Waals surface area contributed by atoms with E-state index >= 15 is 0 Å². The number of phenolic OH excluding ortho intramolecular Hbond substituents is 1. The van der Waals surface area contributed by atoms with Crippen molar-refractivity contribution in [1.82, 2.24) is 5.32 Å². The highest BCUT2D eigenvalue weighted by Gasteiger charge is 2.18. The zero-order valence-corrected chi connectivity index (χ0v) is 14.4. The Bertz CT molecular complexity index is 848. The average molecular weight is 357 g/mol. The fourth-order valence-corrected chi connectivity index (χ4v) is 2.57. The number of rotatable bonds is 5. The number of esters is 1. The number of benzene rings is 2. The molecule has 3 rings (SSSR count). The van der Waals surface area contributed by atoms with Crippen LogP contribution in [0.5, 0.6) is 17.2 Å². The normalized spacial score (nSPS) is 13.2. The quantitative estimate of drug-likeness (QED) is 0.799. The van der Waals surface area contributed by atoms with Gasteiger partial charge in [0.2, 0.25) is 6.79 Å². The Morgan fingerprint density at radius 3 is 2.73 bits per heavy atom. The number of carbonyl (C=O) groups is 2. The Kier molecular flexibility index (Phi) is 4.97. The van der Waals surface area contributed by atoms with Crippen LogP contribution in [0.15, 0.2) is 36.4 Å². The van der Waals surface area contributed by atoms with Crippen molar-refractivity contribution in [2.75, 3.05) is 13.4 Å². The molecule has 0 bridgehead atoms. The lowest BCUT2D eigenvalue weighted by atomic mass is 10.1. The minimum absolute atomic E-state index is 0.0206. The lowest BCUT2D eigenvalue weighted by molar-refractivity contribution is -0.124. The third-order valence-corrected chi connectivity index (χ3v) is 3.98. The fraction of sp³-hybridized carbons (Fsp3) is 0.263. The molecule has 1 amide bonds. The summed E-state index contributed by atoms with van der Waals surface area (Å²) in [5.74, 6) is -0.0865. The summed E-state index contributed by atoms with van der Waals surface area (Å²) in [5, 5.41) is 12.5. The zero-order valence-electron chi connectivity index (χ0n) is 14.4. The molecule has 7 heteroatoms. The van der Waals surface area contributed by atoms with E-state index in [1.165, 1.54) is 12.1 Å². The van der Waals surface area contributed by atoms with Gasteiger partial charge in [0.15, 0.2) is 18.1 Å². The monoisotopic (exact) mass is 357 g/mol. The SMILES string of the molecule is Cc1ccc(C(=O)OCC(=O)N[C@H](C)c2ccc3c(c2)OCO3)c(O)c1. The molecule has 1 aliphatic rings. The summed E-state index contributed by atoms with van der Waals surface area (Å²) >= 11 is 0. The molecule has 0 saturated heterocycles. The van der Waals surface area contributed by atoms with Crippen LogP contribution >= 0.6 is 0 Å². The average Bonchev–Trinajstić information content (AvgIpc) is 3.07. The molecule has 0 radical (unpaired) electrons. The van der Waals surface area contributed by atoms with Gasteiger partial charge in [0, 0.05) is 0 Å². The number of fused-ring (bicyclic) bond motifs is 1. The van der Waals surface area contributed by atoms with Gasteiger partial charge in [-0.2, -0.15) is 0 Å². The van der Waals surface area contributed by atoms with Crippen LogP contribution in [-0.2, 0) is 9.53 Å². The molecule has 0 unspecified atom stereocenters. The van der Waals surface area contributed by atoms with Crippen LogP contribution in [0.25, 0.3) is 0 Å². The summed E-state index contributed by atoms with van der Waals surface area (Å²) in [6.07, 6.45) is 0. The van der Waals surface area contributed by atoms with Crippen LogP contribution in [0.4, 0.5) is 0 Å². The van der Waals surface area contributed by atoms with Crippen molar-refractivity contribution in [2.24, 2.45) is 0 Å². The van der Waals surface area contributed by atoms with E-state index in [1.807, 2.05) is 13.0 Å². The summed E-state index contributed by atoms with van der Waals surface area (Å²) in [6, 6.07) is 9.69. The number of hydrogen-bond acceptors (Lipinski definition) is 6. The number of nitrogens with one attached hydrogen (secondary N) is 1. The molecular weight excluding hydrogens is 338 g/mol. The summed E-state index contributed by atoms with van der Waals surface area (Å²) in [5.41, 5.74) is 1.67. The van der Waals surface area contributed by atoms with Crippen LogP contribution in [0.1, 0.15) is 34.5 Å². The first-order valence-electron chi connectivity index (χ1n) is 8.09. The molecular formula is C19H19NO6. The number of aryl methyl sites for hydroxylation is 1. The molecule has 26 heavy (non-hydrogen) atoms. The topological polar surface area (TPSA) is 94.1 Å². The van der Waals surface area contributed by atoms with Gasteiger partial charge in [-0.15, -0.1) is 0 Å². The van der Waals surface area contributed by atoms with Crippen LogP contribution in [-0.4, -0.2) is 30.4 Å². The zero-order chi connectivity index (χ0) is 18.7. The summed E-state index contributed by atoms with van der Waals surface area (Å²) in [4.78, 5) is 24.0. The van der Waals surface area contributed by atoms with Gasteiger partial charge < -0.3 is 24.6 Å². The molecule has 7 nitrogen and oxygen atoms in total. The Morgan fingerprint density at radius 1 is 1.19 bits per heavy atom. The van der Waals surface area contributed by atoms with E-state index in [9.17, 15) is 14.7 Å². The maximum absolute atomic E-state index is 12.0. The van der Waals surface area contributed by atoms with Gasteiger partial charge in [-0.25, -0.2) is 4.79 Å². The van der Waals surface area contributed by atoms with Gasteiger partial charge in [-0.3, -0.25) is 4.79 Å². The summed E-state index contributed by atoms with van der Waals surface area (Å²) in [6.45, 7) is 3.34. The van der Waals surface area contributed by atoms with Crippen molar-refractivity contribution in [3.8, 4) is 17.2 Å². The van der Waals surface area contributed by atoms with Gasteiger partial charge in [0.25, 0.3) is 5.91 Å². The molecule has 0 fully saturated rings. The number of hydrogen-bond donors (Lipinski definition) is 2. The first kappa shape index (κ1) is 17.6. The minimum atomic E-state index is -0.756. The highest BCUT2D eigenvalue weighted by atomic mass is 16.7. The lowest BCUT2D eigenvalue weighted by Crippen LogP contribution is -2.31. The van der Waals surface area contributed by atoms with Gasteiger partial charge >= 0.3 is 5.97 Å². The molecule has 136 valence electrons. The number of aromatic hydroxyl groups is 1. The maximum atomic E-state index is 12.0. The van der Waals surface area contributed by atoms with E-state index in [-0.39, 0.29) is 24.1 Å². The lowest BCUT2D eigenvalue weighted by Gasteiger charge is -2.15. The largest absolute Gasteiger partial charge is 0.507 e. The van der Waals surface area contributed by atoms with Crippen molar-refractivity contribution in [1.29, 1.82) is 0 Å². The van der Waals surface area contributed by atoms with Gasteiger partial charge in [-0.05, 0) is 49.2 Å². The fourth-order valence-electron chi connectivity index (χ4n) is 2.57. The van der Waals surface area contributed by atoms with Crippen LogP contribution < -0.4 is 14.8 Å². The maximum Gasteiger partial charge on any atom is 0.342 e. The highest BCUT2D eigenvalue weighted by molar-refractivity contribution is 5.94. The molecule has 1 heterocycles. The second kappa shape index (κ2) is 7.35. The van der Waals surface area contributed by atoms with Gasteiger partial charge in [-0.1, -0.05) is 12.1 Å². The van der Waals surface area contributed by atoms with Crippen LogP contribution in [0, 0.1) is 6.92 Å². The van der Waals surface area contributed by atoms with E-state index in [4.69, 9.17) is 14.2 Å². The Balaban J connectivity index is 1.54. The standard InChI is InChI=1S/C19H19NO6/c1-11-3-5-14(15(21)7-11)19(23)24-9-18(22)20-12(2)13-4-6-16-17(8-13)26-10-25-16/h3-8,12,21H,9-10H2,1-2H3,(H,20,22)/t12-/m1/s1. The molecule has 2 N–H and O–H groups in total.